The standard InChI is InChI=1S/C22H25N7O2/c1-31-20-8-16(13-29-21(20)17(9-23)11-26-29)18-12-25-28(14-18)19-3-6-27(7-4-19)22(30)15-2-5-24-10-15/h8,11-15,19,24H,2-7,10H2,1H3/t15-/m0/s1. The molecule has 1 amide bonds. The number of carbonyl (C=O) groups excluding carboxylic acids is 1. The molecule has 5 rings (SSSR count). The van der Waals surface area contributed by atoms with E-state index in [1.165, 1.54) is 0 Å². The van der Waals surface area contributed by atoms with Gasteiger partial charge in [0, 0.05) is 43.2 Å². The fourth-order valence-corrected chi connectivity index (χ4v) is 4.64. The number of likely N-dealkylation sites (tertiary alicyclic amines) is 1. The fraction of sp³-hybridized carbons (Fsp3) is 0.455. The highest BCUT2D eigenvalue weighted by Crippen LogP contribution is 2.31. The maximum atomic E-state index is 12.6. The Hall–Kier alpha value is -3.38. The van der Waals surface area contributed by atoms with Crippen molar-refractivity contribution in [2.75, 3.05) is 33.3 Å². The maximum Gasteiger partial charge on any atom is 0.227 e. The van der Waals surface area contributed by atoms with E-state index in [0.717, 1.165) is 56.6 Å². The number of amides is 1. The number of pyridine rings is 1. The van der Waals surface area contributed by atoms with Gasteiger partial charge in [-0.15, -0.1) is 0 Å². The molecule has 160 valence electrons. The molecule has 3 aromatic heterocycles. The monoisotopic (exact) mass is 419 g/mol. The van der Waals surface area contributed by atoms with E-state index in [0.29, 0.717) is 22.7 Å². The third-order valence-corrected chi connectivity index (χ3v) is 6.41. The number of ether oxygens (including phenoxy) is 1. The number of piperidine rings is 1. The van der Waals surface area contributed by atoms with Crippen LogP contribution in [0.4, 0.5) is 0 Å². The van der Waals surface area contributed by atoms with Crippen LogP contribution in [-0.2, 0) is 4.79 Å². The van der Waals surface area contributed by atoms with Gasteiger partial charge >= 0.3 is 0 Å². The number of hydrogen-bond acceptors (Lipinski definition) is 6. The summed E-state index contributed by atoms with van der Waals surface area (Å²) in [5.41, 5.74) is 3.03. The van der Waals surface area contributed by atoms with Crippen LogP contribution in [0.3, 0.4) is 0 Å². The van der Waals surface area contributed by atoms with Crippen molar-refractivity contribution in [3.8, 4) is 22.9 Å². The first kappa shape index (κ1) is 19.6. The van der Waals surface area contributed by atoms with Gasteiger partial charge in [0.25, 0.3) is 0 Å². The van der Waals surface area contributed by atoms with E-state index in [9.17, 15) is 10.1 Å². The molecule has 3 aromatic rings. The topological polar surface area (TPSA) is 100 Å². The van der Waals surface area contributed by atoms with Crippen molar-refractivity contribution in [3.63, 3.8) is 0 Å². The predicted octanol–water partition coefficient (Wildman–Crippen LogP) is 1.85. The molecule has 0 spiro atoms. The summed E-state index contributed by atoms with van der Waals surface area (Å²) in [5.74, 6) is 1.04. The van der Waals surface area contributed by atoms with Crippen LogP contribution in [-0.4, -0.2) is 63.5 Å². The molecule has 9 nitrogen and oxygen atoms in total. The molecule has 31 heavy (non-hydrogen) atoms. The molecule has 0 saturated carbocycles. The van der Waals surface area contributed by atoms with E-state index in [4.69, 9.17) is 4.74 Å². The Labute approximate surface area is 180 Å². The highest BCUT2D eigenvalue weighted by Gasteiger charge is 2.30. The summed E-state index contributed by atoms with van der Waals surface area (Å²) in [4.78, 5) is 14.7. The molecule has 1 N–H and O–H groups in total. The summed E-state index contributed by atoms with van der Waals surface area (Å²) in [7, 11) is 1.59. The molecule has 0 radical (unpaired) electrons. The first-order valence-electron chi connectivity index (χ1n) is 10.7. The summed E-state index contributed by atoms with van der Waals surface area (Å²) in [6, 6.07) is 4.34. The number of nitrogens with one attached hydrogen (secondary N) is 1. The van der Waals surface area contributed by atoms with Crippen LogP contribution >= 0.6 is 0 Å². The number of hydrogen-bond donors (Lipinski definition) is 1. The lowest BCUT2D eigenvalue weighted by atomic mass is 10.0. The van der Waals surface area contributed by atoms with Gasteiger partial charge in [-0.2, -0.15) is 15.5 Å². The van der Waals surface area contributed by atoms with Crippen LogP contribution in [0.15, 0.2) is 30.9 Å². The largest absolute Gasteiger partial charge is 0.494 e. The minimum Gasteiger partial charge on any atom is -0.494 e. The highest BCUT2D eigenvalue weighted by atomic mass is 16.5. The molecule has 0 aromatic carbocycles. The van der Waals surface area contributed by atoms with Crippen molar-refractivity contribution in [2.24, 2.45) is 5.92 Å². The van der Waals surface area contributed by atoms with Gasteiger partial charge in [0.15, 0.2) is 0 Å². The third-order valence-electron chi connectivity index (χ3n) is 6.41. The van der Waals surface area contributed by atoms with Gasteiger partial charge in [0.05, 0.1) is 31.5 Å². The summed E-state index contributed by atoms with van der Waals surface area (Å²) in [5, 5.41) is 21.5. The molecular weight excluding hydrogens is 394 g/mol. The first-order valence-corrected chi connectivity index (χ1v) is 10.7. The molecule has 2 aliphatic rings. The van der Waals surface area contributed by atoms with E-state index in [2.05, 4.69) is 21.6 Å². The van der Waals surface area contributed by atoms with Gasteiger partial charge in [-0.05, 0) is 31.9 Å². The average Bonchev–Trinajstić information content (AvgIpc) is 3.58. The zero-order valence-electron chi connectivity index (χ0n) is 17.5. The van der Waals surface area contributed by atoms with Crippen molar-refractivity contribution in [3.05, 3.63) is 36.4 Å². The van der Waals surface area contributed by atoms with Crippen molar-refractivity contribution in [1.82, 2.24) is 29.6 Å². The van der Waals surface area contributed by atoms with Crippen molar-refractivity contribution in [1.29, 1.82) is 5.26 Å². The quantitative estimate of drug-likeness (QED) is 0.693. The summed E-state index contributed by atoms with van der Waals surface area (Å²) < 4.78 is 9.19. The molecule has 0 unspecified atom stereocenters. The Balaban J connectivity index is 1.32. The van der Waals surface area contributed by atoms with E-state index in [1.807, 2.05) is 34.2 Å². The molecule has 2 saturated heterocycles. The SMILES string of the molecule is COc1cc(-c2cnn(C3CCN(C(=O)[C@H]4CCNC4)CC3)c2)cn2ncc(C#N)c12. The van der Waals surface area contributed by atoms with Gasteiger partial charge in [0.2, 0.25) is 5.91 Å². The zero-order valence-corrected chi connectivity index (χ0v) is 17.5. The molecule has 9 heteroatoms. The normalized spacial score (nSPS) is 19.6. The Morgan fingerprint density at radius 1 is 1.19 bits per heavy atom. The molecule has 0 bridgehead atoms. The Morgan fingerprint density at radius 3 is 2.74 bits per heavy atom. The second-order valence-corrected chi connectivity index (χ2v) is 8.22. The van der Waals surface area contributed by atoms with Crippen LogP contribution in [0.1, 0.15) is 30.9 Å². The number of aromatic nitrogens is 4. The minimum atomic E-state index is 0.140. The maximum absolute atomic E-state index is 12.6. The van der Waals surface area contributed by atoms with Crippen molar-refractivity contribution in [2.45, 2.75) is 25.3 Å². The average molecular weight is 419 g/mol. The summed E-state index contributed by atoms with van der Waals surface area (Å²) in [6.07, 6.45) is 10.1. The highest BCUT2D eigenvalue weighted by molar-refractivity contribution is 5.79. The number of rotatable bonds is 4. The minimum absolute atomic E-state index is 0.140. The molecule has 2 fully saturated rings. The van der Waals surface area contributed by atoms with Gasteiger partial charge in [0.1, 0.15) is 22.9 Å². The van der Waals surface area contributed by atoms with Gasteiger partial charge < -0.3 is 15.0 Å². The smallest absolute Gasteiger partial charge is 0.227 e. The molecule has 2 aliphatic heterocycles. The van der Waals surface area contributed by atoms with E-state index in [-0.39, 0.29) is 12.0 Å². The number of nitriles is 1. The molecule has 0 aliphatic carbocycles. The fourth-order valence-electron chi connectivity index (χ4n) is 4.64. The predicted molar refractivity (Wildman–Crippen MR) is 114 cm³/mol. The summed E-state index contributed by atoms with van der Waals surface area (Å²) in [6.45, 7) is 3.30. The van der Waals surface area contributed by atoms with E-state index < -0.39 is 0 Å². The molecular formula is C22H25N7O2. The van der Waals surface area contributed by atoms with E-state index in [1.54, 1.807) is 17.8 Å². The molecule has 5 heterocycles. The molecule has 1 atom stereocenters. The first-order chi connectivity index (χ1) is 15.2. The summed E-state index contributed by atoms with van der Waals surface area (Å²) >= 11 is 0. The third kappa shape index (κ3) is 3.53. The lowest BCUT2D eigenvalue weighted by Crippen LogP contribution is -2.42. The second kappa shape index (κ2) is 8.04. The lowest BCUT2D eigenvalue weighted by molar-refractivity contribution is -0.136. The second-order valence-electron chi connectivity index (χ2n) is 8.22. The van der Waals surface area contributed by atoms with Gasteiger partial charge in [-0.3, -0.25) is 9.48 Å². The lowest BCUT2D eigenvalue weighted by Gasteiger charge is -2.33. The van der Waals surface area contributed by atoms with Gasteiger partial charge in [-0.1, -0.05) is 0 Å². The Morgan fingerprint density at radius 2 is 2.03 bits per heavy atom. The van der Waals surface area contributed by atoms with Crippen LogP contribution in [0.25, 0.3) is 16.6 Å². The van der Waals surface area contributed by atoms with E-state index >= 15 is 0 Å². The zero-order chi connectivity index (χ0) is 21.4. The van der Waals surface area contributed by atoms with Crippen LogP contribution in [0.5, 0.6) is 5.75 Å². The van der Waals surface area contributed by atoms with Crippen LogP contribution < -0.4 is 10.1 Å². The number of carbonyl (C=O) groups is 1. The Kier molecular flexibility index (Phi) is 5.08. The van der Waals surface area contributed by atoms with Gasteiger partial charge in [-0.25, -0.2) is 4.52 Å². The van der Waals surface area contributed by atoms with Crippen LogP contribution in [0.2, 0.25) is 0 Å². The number of fused-ring (bicyclic) bond motifs is 1. The number of methoxy groups -OCH3 is 1. The Bertz CT molecular complexity index is 1140. The number of nitrogens with zero attached hydrogens (tertiary/aromatic N) is 6. The van der Waals surface area contributed by atoms with Crippen LogP contribution in [0, 0.1) is 17.2 Å². The van der Waals surface area contributed by atoms with Crippen molar-refractivity contribution >= 4 is 11.4 Å². The van der Waals surface area contributed by atoms with Crippen molar-refractivity contribution < 1.29 is 9.53 Å².